The largest absolute Gasteiger partial charge is 0.379 e. The van der Waals surface area contributed by atoms with E-state index in [1.165, 1.54) is 0 Å². The zero-order valence-electron chi connectivity index (χ0n) is 10.5. The van der Waals surface area contributed by atoms with E-state index in [4.69, 9.17) is 10.6 Å². The minimum absolute atomic E-state index is 0.119. The van der Waals surface area contributed by atoms with Gasteiger partial charge in [-0.3, -0.25) is 15.5 Å². The first-order valence-corrected chi connectivity index (χ1v) is 5.88. The molecule has 104 valence electrons. The number of rotatable bonds is 4. The van der Waals surface area contributed by atoms with Gasteiger partial charge >= 0.3 is 5.69 Å². The first-order valence-electron chi connectivity index (χ1n) is 5.88. The first-order chi connectivity index (χ1) is 9.04. The van der Waals surface area contributed by atoms with Crippen LogP contribution < -0.4 is 16.6 Å². The Morgan fingerprint density at radius 3 is 3.00 bits per heavy atom. The molecule has 0 bridgehead atoms. The fourth-order valence-corrected chi connectivity index (χ4v) is 1.99. The quantitative estimate of drug-likeness (QED) is 0.412. The molecule has 4 N–H and O–H groups in total. The van der Waals surface area contributed by atoms with E-state index in [0.717, 1.165) is 19.0 Å². The lowest BCUT2D eigenvalue weighted by Gasteiger charge is -2.34. The molecule has 9 heteroatoms. The summed E-state index contributed by atoms with van der Waals surface area (Å²) in [6.07, 6.45) is 2.86. The highest BCUT2D eigenvalue weighted by Gasteiger charge is 2.31. The molecule has 0 spiro atoms. The number of nitrogens with two attached hydrogens (primary N) is 1. The SMILES string of the molecule is CC1(Nc2nc(NN)ncc2[N+](=O)[O-])CCCOC1. The van der Waals surface area contributed by atoms with Gasteiger partial charge in [-0.05, 0) is 19.8 Å². The molecule has 0 radical (unpaired) electrons. The van der Waals surface area contributed by atoms with Crippen molar-refractivity contribution < 1.29 is 9.66 Å². The summed E-state index contributed by atoms with van der Waals surface area (Å²) in [6, 6.07) is 0. The van der Waals surface area contributed by atoms with Gasteiger partial charge in [0.15, 0.2) is 0 Å². The van der Waals surface area contributed by atoms with Crippen molar-refractivity contribution in [2.24, 2.45) is 5.84 Å². The van der Waals surface area contributed by atoms with E-state index in [-0.39, 0.29) is 23.0 Å². The molecular formula is C10H16N6O3. The van der Waals surface area contributed by atoms with Crippen LogP contribution in [0, 0.1) is 10.1 Å². The predicted molar refractivity (Wildman–Crippen MR) is 68.6 cm³/mol. The number of nitrogens with zero attached hydrogens (tertiary/aromatic N) is 3. The minimum Gasteiger partial charge on any atom is -0.379 e. The molecule has 2 rings (SSSR count). The van der Waals surface area contributed by atoms with Crippen LogP contribution >= 0.6 is 0 Å². The molecule has 2 heterocycles. The number of ether oxygens (including phenoxy) is 1. The second-order valence-electron chi connectivity index (χ2n) is 4.67. The highest BCUT2D eigenvalue weighted by molar-refractivity contribution is 5.58. The topological polar surface area (TPSA) is 128 Å². The van der Waals surface area contributed by atoms with Gasteiger partial charge in [0.1, 0.15) is 6.20 Å². The van der Waals surface area contributed by atoms with Gasteiger partial charge in [0.25, 0.3) is 0 Å². The van der Waals surface area contributed by atoms with Crippen LogP contribution in [0.1, 0.15) is 19.8 Å². The molecule has 19 heavy (non-hydrogen) atoms. The molecule has 1 unspecified atom stereocenters. The summed E-state index contributed by atoms with van der Waals surface area (Å²) in [5, 5.41) is 14.0. The number of nitrogen functional groups attached to an aromatic ring is 1. The van der Waals surface area contributed by atoms with E-state index in [1.807, 2.05) is 6.92 Å². The van der Waals surface area contributed by atoms with Crippen LogP contribution in [-0.2, 0) is 4.74 Å². The molecule has 1 aromatic rings. The van der Waals surface area contributed by atoms with Crippen molar-refractivity contribution in [2.75, 3.05) is 24.0 Å². The van der Waals surface area contributed by atoms with Crippen LogP contribution in [0.4, 0.5) is 17.5 Å². The third-order valence-corrected chi connectivity index (χ3v) is 2.95. The maximum Gasteiger partial charge on any atom is 0.329 e. The van der Waals surface area contributed by atoms with Crippen LogP contribution in [0.25, 0.3) is 0 Å². The molecule has 0 aliphatic carbocycles. The van der Waals surface area contributed by atoms with E-state index in [0.29, 0.717) is 13.2 Å². The Labute approximate surface area is 109 Å². The normalized spacial score (nSPS) is 22.8. The van der Waals surface area contributed by atoms with Gasteiger partial charge in [0.05, 0.1) is 17.1 Å². The summed E-state index contributed by atoms with van der Waals surface area (Å²) in [4.78, 5) is 18.2. The lowest BCUT2D eigenvalue weighted by Crippen LogP contribution is -2.43. The fraction of sp³-hybridized carbons (Fsp3) is 0.600. The van der Waals surface area contributed by atoms with Gasteiger partial charge < -0.3 is 10.1 Å². The van der Waals surface area contributed by atoms with Crippen molar-refractivity contribution in [3.63, 3.8) is 0 Å². The molecule has 9 nitrogen and oxygen atoms in total. The minimum atomic E-state index is -0.532. The van der Waals surface area contributed by atoms with Gasteiger partial charge in [-0.1, -0.05) is 0 Å². The van der Waals surface area contributed by atoms with Crippen molar-refractivity contribution >= 4 is 17.5 Å². The average molecular weight is 268 g/mol. The monoisotopic (exact) mass is 268 g/mol. The first kappa shape index (κ1) is 13.4. The molecule has 1 atom stereocenters. The average Bonchev–Trinajstić information content (AvgIpc) is 2.38. The molecule has 0 amide bonds. The van der Waals surface area contributed by atoms with Crippen molar-refractivity contribution in [1.82, 2.24) is 9.97 Å². The van der Waals surface area contributed by atoms with Crippen LogP contribution in [0.2, 0.25) is 0 Å². The maximum atomic E-state index is 11.0. The van der Waals surface area contributed by atoms with Crippen molar-refractivity contribution in [3.8, 4) is 0 Å². The van der Waals surface area contributed by atoms with E-state index >= 15 is 0 Å². The van der Waals surface area contributed by atoms with Crippen LogP contribution in [0.15, 0.2) is 6.20 Å². The van der Waals surface area contributed by atoms with Crippen LogP contribution in [0.5, 0.6) is 0 Å². The third-order valence-electron chi connectivity index (χ3n) is 2.95. The lowest BCUT2D eigenvalue weighted by atomic mass is 9.95. The van der Waals surface area contributed by atoms with Crippen LogP contribution in [-0.4, -0.2) is 33.6 Å². The van der Waals surface area contributed by atoms with Gasteiger partial charge in [-0.2, -0.15) is 4.98 Å². The summed E-state index contributed by atoms with van der Waals surface area (Å²) < 4.78 is 5.40. The fourth-order valence-electron chi connectivity index (χ4n) is 1.99. The van der Waals surface area contributed by atoms with Gasteiger partial charge in [0, 0.05) is 6.61 Å². The molecule has 0 aromatic carbocycles. The number of hydrazine groups is 1. The van der Waals surface area contributed by atoms with E-state index < -0.39 is 4.92 Å². The molecule has 0 saturated carbocycles. The van der Waals surface area contributed by atoms with E-state index in [1.54, 1.807) is 0 Å². The number of anilines is 2. The van der Waals surface area contributed by atoms with Gasteiger partial charge in [-0.15, -0.1) is 0 Å². The Morgan fingerprint density at radius 2 is 2.42 bits per heavy atom. The zero-order valence-corrected chi connectivity index (χ0v) is 10.5. The number of nitro groups is 1. The molecule has 1 fully saturated rings. The summed E-state index contributed by atoms with van der Waals surface area (Å²) in [7, 11) is 0. The Morgan fingerprint density at radius 1 is 1.63 bits per heavy atom. The Hall–Kier alpha value is -2.00. The Bertz CT molecular complexity index is 474. The second-order valence-corrected chi connectivity index (χ2v) is 4.67. The summed E-state index contributed by atoms with van der Waals surface area (Å²) in [5.41, 5.74) is 1.69. The van der Waals surface area contributed by atoms with Crippen molar-refractivity contribution in [1.29, 1.82) is 0 Å². The Kier molecular flexibility index (Phi) is 3.76. The molecule has 1 aliphatic heterocycles. The van der Waals surface area contributed by atoms with E-state index in [2.05, 4.69) is 20.7 Å². The Balaban J connectivity index is 2.28. The summed E-state index contributed by atoms with van der Waals surface area (Å²) in [5.74, 6) is 5.47. The summed E-state index contributed by atoms with van der Waals surface area (Å²) >= 11 is 0. The zero-order chi connectivity index (χ0) is 13.9. The lowest BCUT2D eigenvalue weighted by molar-refractivity contribution is -0.384. The third kappa shape index (κ3) is 3.06. The maximum absolute atomic E-state index is 11.0. The second kappa shape index (κ2) is 5.33. The van der Waals surface area contributed by atoms with Gasteiger partial charge in [0.2, 0.25) is 11.8 Å². The van der Waals surface area contributed by atoms with Crippen molar-refractivity contribution in [2.45, 2.75) is 25.3 Å². The molecular weight excluding hydrogens is 252 g/mol. The van der Waals surface area contributed by atoms with Crippen molar-refractivity contribution in [3.05, 3.63) is 16.3 Å². The van der Waals surface area contributed by atoms with Gasteiger partial charge in [-0.25, -0.2) is 10.8 Å². The number of nitrogens with one attached hydrogen (secondary N) is 2. The summed E-state index contributed by atoms with van der Waals surface area (Å²) in [6.45, 7) is 3.12. The molecule has 1 saturated heterocycles. The van der Waals surface area contributed by atoms with E-state index in [9.17, 15) is 10.1 Å². The number of aromatic nitrogens is 2. The molecule has 1 aliphatic rings. The highest BCUT2D eigenvalue weighted by Crippen LogP contribution is 2.28. The number of hydrogen-bond acceptors (Lipinski definition) is 8. The standard InChI is InChI=1S/C10H16N6O3/c1-10(3-2-4-19-6-10)14-8-7(16(17)18)5-12-9(13-8)15-11/h5H,2-4,6,11H2,1H3,(H2,12,13,14,15). The predicted octanol–water partition coefficient (Wildman–Crippen LogP) is 0.651. The van der Waals surface area contributed by atoms with Crippen LogP contribution in [0.3, 0.4) is 0 Å². The number of hydrogen-bond donors (Lipinski definition) is 3. The smallest absolute Gasteiger partial charge is 0.329 e. The highest BCUT2D eigenvalue weighted by atomic mass is 16.6. The molecule has 1 aromatic heterocycles.